The van der Waals surface area contributed by atoms with E-state index >= 15 is 0 Å². The molecule has 0 unspecified atom stereocenters. The number of rotatable bonds is 3. The third kappa shape index (κ3) is 2.38. The van der Waals surface area contributed by atoms with Gasteiger partial charge in [0.1, 0.15) is 0 Å². The molecule has 6 heteroatoms. The average molecular weight is 280 g/mol. The van der Waals surface area contributed by atoms with Gasteiger partial charge in [0, 0.05) is 18.6 Å². The molecule has 0 amide bonds. The molecular formula is C15H16N6. The largest absolute Gasteiger partial charge is 0.287 e. The molecule has 1 atom stereocenters. The molecule has 1 aliphatic heterocycles. The fraction of sp³-hybridized carbons (Fsp3) is 0.333. The van der Waals surface area contributed by atoms with Crippen molar-refractivity contribution in [2.75, 3.05) is 6.54 Å². The van der Waals surface area contributed by atoms with Crippen LogP contribution >= 0.6 is 0 Å². The zero-order valence-electron chi connectivity index (χ0n) is 11.6. The number of hydrogen-bond donors (Lipinski definition) is 0. The molecule has 106 valence electrons. The van der Waals surface area contributed by atoms with Crippen LogP contribution in [0, 0.1) is 0 Å². The lowest BCUT2D eigenvalue weighted by Crippen LogP contribution is -2.24. The van der Waals surface area contributed by atoms with E-state index in [-0.39, 0.29) is 0 Å². The third-order valence-electron chi connectivity index (χ3n) is 3.90. The Morgan fingerprint density at radius 2 is 2.10 bits per heavy atom. The molecule has 21 heavy (non-hydrogen) atoms. The fourth-order valence-corrected chi connectivity index (χ4v) is 2.95. The van der Waals surface area contributed by atoms with Crippen LogP contribution in [0.2, 0.25) is 0 Å². The first-order chi connectivity index (χ1) is 10.4. The Bertz CT molecular complexity index is 705. The maximum Gasteiger partial charge on any atom is 0.252 e. The van der Waals surface area contributed by atoms with Crippen LogP contribution < -0.4 is 0 Å². The molecule has 4 heterocycles. The summed E-state index contributed by atoms with van der Waals surface area (Å²) >= 11 is 0. The summed E-state index contributed by atoms with van der Waals surface area (Å²) in [4.78, 5) is 15.6. The minimum atomic E-state index is 0.366. The van der Waals surface area contributed by atoms with Crippen molar-refractivity contribution in [2.24, 2.45) is 0 Å². The predicted octanol–water partition coefficient (Wildman–Crippen LogP) is 1.86. The van der Waals surface area contributed by atoms with E-state index in [1.807, 2.05) is 30.6 Å². The van der Waals surface area contributed by atoms with Crippen LogP contribution in [-0.4, -0.2) is 36.0 Å². The highest BCUT2D eigenvalue weighted by molar-refractivity contribution is 5.25. The molecule has 6 nitrogen and oxygen atoms in total. The zero-order valence-corrected chi connectivity index (χ0v) is 11.6. The number of aromatic nitrogens is 5. The Morgan fingerprint density at radius 3 is 2.95 bits per heavy atom. The average Bonchev–Trinajstić information content (AvgIpc) is 3.14. The van der Waals surface area contributed by atoms with E-state index in [4.69, 9.17) is 0 Å². The zero-order chi connectivity index (χ0) is 14.1. The van der Waals surface area contributed by atoms with Crippen molar-refractivity contribution in [1.82, 2.24) is 29.5 Å². The highest BCUT2D eigenvalue weighted by Crippen LogP contribution is 2.31. The molecule has 0 aromatic carbocycles. The van der Waals surface area contributed by atoms with Gasteiger partial charge in [-0.15, -0.1) is 5.10 Å². The van der Waals surface area contributed by atoms with Crippen molar-refractivity contribution in [2.45, 2.75) is 25.4 Å². The monoisotopic (exact) mass is 280 g/mol. The molecule has 3 aromatic heterocycles. The second kappa shape index (κ2) is 5.21. The lowest BCUT2D eigenvalue weighted by Gasteiger charge is -2.22. The van der Waals surface area contributed by atoms with E-state index in [1.165, 1.54) is 6.42 Å². The molecule has 0 radical (unpaired) electrons. The molecule has 0 aliphatic carbocycles. The molecule has 1 aliphatic rings. The third-order valence-corrected chi connectivity index (χ3v) is 3.90. The molecular weight excluding hydrogens is 264 g/mol. The van der Waals surface area contributed by atoms with Crippen molar-refractivity contribution < 1.29 is 0 Å². The quantitative estimate of drug-likeness (QED) is 0.733. The first-order valence-corrected chi connectivity index (χ1v) is 7.21. The number of nitrogens with zero attached hydrogens (tertiary/aromatic N) is 6. The number of pyridine rings is 1. The smallest absolute Gasteiger partial charge is 0.252 e. The van der Waals surface area contributed by atoms with Gasteiger partial charge >= 0.3 is 0 Å². The first kappa shape index (κ1) is 12.4. The maximum atomic E-state index is 4.50. The molecule has 3 aromatic rings. The van der Waals surface area contributed by atoms with Gasteiger partial charge in [-0.1, -0.05) is 6.07 Å². The Morgan fingerprint density at radius 1 is 1.14 bits per heavy atom. The van der Waals surface area contributed by atoms with Gasteiger partial charge in [-0.05, 0) is 37.6 Å². The summed E-state index contributed by atoms with van der Waals surface area (Å²) in [6, 6.07) is 8.33. The van der Waals surface area contributed by atoms with Crippen molar-refractivity contribution in [1.29, 1.82) is 0 Å². The molecule has 1 fully saturated rings. The van der Waals surface area contributed by atoms with Gasteiger partial charge in [-0.25, -0.2) is 9.50 Å². The van der Waals surface area contributed by atoms with Gasteiger partial charge in [-0.3, -0.25) is 9.88 Å². The second-order valence-electron chi connectivity index (χ2n) is 5.28. The summed E-state index contributed by atoms with van der Waals surface area (Å²) in [7, 11) is 0. The van der Waals surface area contributed by atoms with Crippen LogP contribution in [-0.2, 0) is 6.54 Å². The SMILES string of the molecule is c1ccc([C@H]2CCCN2Cc2nc3ncccn3n2)nc1. The van der Waals surface area contributed by atoms with Crippen molar-refractivity contribution in [3.05, 3.63) is 54.4 Å². The maximum absolute atomic E-state index is 4.50. The van der Waals surface area contributed by atoms with E-state index in [0.717, 1.165) is 31.0 Å². The standard InChI is InChI=1S/C15H16N6/c1-2-7-16-12(5-1)13-6-3-9-20(13)11-14-18-15-17-8-4-10-21(15)19-14/h1-2,4-5,7-8,10,13H,3,6,9,11H2/t13-/m1/s1. The molecule has 0 bridgehead atoms. The van der Waals surface area contributed by atoms with Gasteiger partial charge in [0.05, 0.1) is 18.3 Å². The Labute approximate surface area is 122 Å². The van der Waals surface area contributed by atoms with E-state index in [0.29, 0.717) is 11.8 Å². The van der Waals surface area contributed by atoms with Crippen molar-refractivity contribution in [3.63, 3.8) is 0 Å². The molecule has 0 N–H and O–H groups in total. The van der Waals surface area contributed by atoms with Gasteiger partial charge < -0.3 is 0 Å². The summed E-state index contributed by atoms with van der Waals surface area (Å²) < 4.78 is 1.72. The van der Waals surface area contributed by atoms with E-state index < -0.39 is 0 Å². The van der Waals surface area contributed by atoms with Crippen molar-refractivity contribution in [3.8, 4) is 0 Å². The highest BCUT2D eigenvalue weighted by atomic mass is 15.3. The van der Waals surface area contributed by atoms with Crippen LogP contribution in [0.5, 0.6) is 0 Å². The van der Waals surface area contributed by atoms with Crippen LogP contribution in [0.1, 0.15) is 30.4 Å². The summed E-state index contributed by atoms with van der Waals surface area (Å²) in [5.74, 6) is 1.47. The van der Waals surface area contributed by atoms with E-state index in [2.05, 4.69) is 31.0 Å². The molecule has 0 saturated carbocycles. The minimum Gasteiger partial charge on any atom is -0.287 e. The number of fused-ring (bicyclic) bond motifs is 1. The molecule has 1 saturated heterocycles. The van der Waals surface area contributed by atoms with Gasteiger partial charge in [0.2, 0.25) is 0 Å². The van der Waals surface area contributed by atoms with Crippen LogP contribution in [0.4, 0.5) is 0 Å². The second-order valence-corrected chi connectivity index (χ2v) is 5.28. The topological polar surface area (TPSA) is 59.2 Å². The van der Waals surface area contributed by atoms with E-state index in [1.54, 1.807) is 10.7 Å². The van der Waals surface area contributed by atoms with Crippen LogP contribution in [0.15, 0.2) is 42.9 Å². The van der Waals surface area contributed by atoms with Crippen LogP contribution in [0.25, 0.3) is 5.78 Å². The first-order valence-electron chi connectivity index (χ1n) is 7.21. The molecule has 0 spiro atoms. The normalized spacial score (nSPS) is 19.3. The number of hydrogen-bond acceptors (Lipinski definition) is 5. The van der Waals surface area contributed by atoms with E-state index in [9.17, 15) is 0 Å². The minimum absolute atomic E-state index is 0.366. The fourth-order valence-electron chi connectivity index (χ4n) is 2.95. The van der Waals surface area contributed by atoms with Gasteiger partial charge in [0.15, 0.2) is 5.82 Å². The highest BCUT2D eigenvalue weighted by Gasteiger charge is 2.27. The van der Waals surface area contributed by atoms with Gasteiger partial charge in [-0.2, -0.15) is 4.98 Å². The Kier molecular flexibility index (Phi) is 3.08. The predicted molar refractivity (Wildman–Crippen MR) is 77.4 cm³/mol. The van der Waals surface area contributed by atoms with Crippen molar-refractivity contribution >= 4 is 5.78 Å². The van der Waals surface area contributed by atoms with Crippen LogP contribution in [0.3, 0.4) is 0 Å². The summed E-state index contributed by atoms with van der Waals surface area (Å²) in [5, 5.41) is 4.49. The summed E-state index contributed by atoms with van der Waals surface area (Å²) in [5.41, 5.74) is 1.14. The molecule has 4 rings (SSSR count). The lowest BCUT2D eigenvalue weighted by molar-refractivity contribution is 0.238. The summed E-state index contributed by atoms with van der Waals surface area (Å²) in [6.45, 7) is 1.80. The number of likely N-dealkylation sites (tertiary alicyclic amines) is 1. The van der Waals surface area contributed by atoms with Gasteiger partial charge in [0.25, 0.3) is 5.78 Å². The Hall–Kier alpha value is -2.34. The Balaban J connectivity index is 1.58. The lowest BCUT2D eigenvalue weighted by atomic mass is 10.1. The summed E-state index contributed by atoms with van der Waals surface area (Å²) in [6.07, 6.45) is 7.80.